The molecule has 0 spiro atoms. The van der Waals surface area contributed by atoms with Crippen molar-refractivity contribution in [1.82, 2.24) is 9.97 Å². The molecule has 0 saturated heterocycles. The Bertz CT molecular complexity index is 631. The summed E-state index contributed by atoms with van der Waals surface area (Å²) in [6.45, 7) is 1.93. The normalized spacial score (nSPS) is 10.4. The highest BCUT2D eigenvalue weighted by Crippen LogP contribution is 2.16. The maximum absolute atomic E-state index is 11.9. The molecule has 3 N–H and O–H groups in total. The fourth-order valence-corrected chi connectivity index (χ4v) is 1.57. The highest BCUT2D eigenvalue weighted by Gasteiger charge is 2.15. The average Bonchev–Trinajstić information content (AvgIpc) is 2.87. The molecule has 2 aromatic rings. The molecule has 0 aliphatic heterocycles. The first-order valence-corrected chi connectivity index (χ1v) is 5.70. The average molecular weight is 263 g/mol. The predicted octanol–water partition coefficient (Wildman–Crippen LogP) is 0.718. The highest BCUT2D eigenvalue weighted by molar-refractivity contribution is 5.74. The minimum atomic E-state index is -0.521. The van der Waals surface area contributed by atoms with Gasteiger partial charge < -0.3 is 19.9 Å². The molecule has 2 rings (SSSR count). The topological polar surface area (TPSA) is 111 Å². The van der Waals surface area contributed by atoms with E-state index in [1.807, 2.05) is 0 Å². The zero-order chi connectivity index (χ0) is 13.8. The monoisotopic (exact) mass is 263 g/mol. The number of aromatic nitrogens is 2. The van der Waals surface area contributed by atoms with Crippen LogP contribution in [-0.4, -0.2) is 22.5 Å². The number of nitrogen functional groups attached to an aromatic ring is 1. The van der Waals surface area contributed by atoms with Gasteiger partial charge in [-0.15, -0.1) is 0 Å². The van der Waals surface area contributed by atoms with Crippen LogP contribution in [0.25, 0.3) is 11.6 Å². The van der Waals surface area contributed by atoms with Crippen molar-refractivity contribution < 1.29 is 13.9 Å². The van der Waals surface area contributed by atoms with E-state index in [2.05, 4.69) is 9.97 Å². The zero-order valence-corrected chi connectivity index (χ0v) is 10.3. The second kappa shape index (κ2) is 5.38. The van der Waals surface area contributed by atoms with Crippen LogP contribution in [0, 0.1) is 0 Å². The van der Waals surface area contributed by atoms with E-state index in [1.165, 1.54) is 6.26 Å². The Kier molecular flexibility index (Phi) is 3.65. The van der Waals surface area contributed by atoms with Crippen molar-refractivity contribution in [3.63, 3.8) is 0 Å². The van der Waals surface area contributed by atoms with Crippen LogP contribution in [0.15, 0.2) is 27.6 Å². The molecule has 7 nitrogen and oxygen atoms in total. The van der Waals surface area contributed by atoms with Crippen LogP contribution in [0.3, 0.4) is 0 Å². The van der Waals surface area contributed by atoms with Crippen molar-refractivity contribution in [2.45, 2.75) is 13.3 Å². The summed E-state index contributed by atoms with van der Waals surface area (Å²) in [5, 5.41) is 0. The lowest BCUT2D eigenvalue weighted by atomic mass is 10.2. The molecule has 0 aliphatic carbocycles. The summed E-state index contributed by atoms with van der Waals surface area (Å²) in [5.41, 5.74) is 5.30. The van der Waals surface area contributed by atoms with Crippen LogP contribution >= 0.6 is 0 Å². The Morgan fingerprint density at radius 1 is 1.58 bits per heavy atom. The van der Waals surface area contributed by atoms with Gasteiger partial charge in [0.25, 0.3) is 5.56 Å². The lowest BCUT2D eigenvalue weighted by molar-refractivity contribution is -0.142. The van der Waals surface area contributed by atoms with Gasteiger partial charge in [-0.3, -0.25) is 9.59 Å². The first-order chi connectivity index (χ1) is 9.11. The number of aromatic amines is 1. The van der Waals surface area contributed by atoms with Crippen LogP contribution < -0.4 is 11.3 Å². The first kappa shape index (κ1) is 12.9. The Hall–Kier alpha value is -2.57. The smallest absolute Gasteiger partial charge is 0.310 e. The molecule has 0 bridgehead atoms. The van der Waals surface area contributed by atoms with Crippen LogP contribution in [-0.2, 0) is 16.0 Å². The predicted molar refractivity (Wildman–Crippen MR) is 67.3 cm³/mol. The zero-order valence-electron chi connectivity index (χ0n) is 10.3. The number of nitrogens with zero attached hydrogens (tertiary/aromatic N) is 1. The molecule has 0 radical (unpaired) electrons. The summed E-state index contributed by atoms with van der Waals surface area (Å²) in [7, 11) is 0. The number of H-pyrrole nitrogens is 1. The Morgan fingerprint density at radius 2 is 2.37 bits per heavy atom. The number of hydrogen-bond donors (Lipinski definition) is 2. The van der Waals surface area contributed by atoms with Crippen molar-refractivity contribution in [2.75, 3.05) is 12.3 Å². The van der Waals surface area contributed by atoms with Gasteiger partial charge in [-0.25, -0.2) is 4.98 Å². The molecule has 100 valence electrons. The quantitative estimate of drug-likeness (QED) is 0.786. The first-order valence-electron chi connectivity index (χ1n) is 5.70. The molecule has 19 heavy (non-hydrogen) atoms. The van der Waals surface area contributed by atoms with Crippen LogP contribution in [0.2, 0.25) is 0 Å². The summed E-state index contributed by atoms with van der Waals surface area (Å²) in [5.74, 6) is 0.0852. The summed E-state index contributed by atoms with van der Waals surface area (Å²) in [6.07, 6.45) is 1.25. The number of furan rings is 1. The van der Waals surface area contributed by atoms with E-state index >= 15 is 0 Å². The number of esters is 1. The Labute approximate surface area is 108 Å². The van der Waals surface area contributed by atoms with Crippen molar-refractivity contribution in [3.8, 4) is 11.6 Å². The van der Waals surface area contributed by atoms with Crippen LogP contribution in [0.4, 0.5) is 5.82 Å². The summed E-state index contributed by atoms with van der Waals surface area (Å²) in [6, 6.07) is 3.31. The molecule has 0 aliphatic rings. The van der Waals surface area contributed by atoms with Gasteiger partial charge in [0.1, 0.15) is 5.82 Å². The standard InChI is InChI=1S/C12H13N3O4/c1-2-18-9(16)6-7-10(13)14-11(15-12(7)17)8-4-3-5-19-8/h3-5H,2,6H2,1H3,(H3,13,14,15,17). The summed E-state index contributed by atoms with van der Waals surface area (Å²) < 4.78 is 9.87. The highest BCUT2D eigenvalue weighted by atomic mass is 16.5. The van der Waals surface area contributed by atoms with Gasteiger partial charge >= 0.3 is 5.97 Å². The van der Waals surface area contributed by atoms with Gasteiger partial charge in [0.15, 0.2) is 11.6 Å². The third kappa shape index (κ3) is 2.82. The lowest BCUT2D eigenvalue weighted by Gasteiger charge is -2.05. The van der Waals surface area contributed by atoms with E-state index in [0.717, 1.165) is 0 Å². The largest absolute Gasteiger partial charge is 0.466 e. The summed E-state index contributed by atoms with van der Waals surface area (Å²) in [4.78, 5) is 29.8. The lowest BCUT2D eigenvalue weighted by Crippen LogP contribution is -2.22. The number of carbonyl (C=O) groups excluding carboxylic acids is 1. The van der Waals surface area contributed by atoms with Crippen molar-refractivity contribution in [3.05, 3.63) is 34.3 Å². The Morgan fingerprint density at radius 3 is 2.95 bits per heavy atom. The molecule has 0 atom stereocenters. The molecule has 7 heteroatoms. The number of hydrogen-bond acceptors (Lipinski definition) is 6. The molecule has 0 aromatic carbocycles. The van der Waals surface area contributed by atoms with Gasteiger partial charge in [0, 0.05) is 0 Å². The Balaban J connectivity index is 2.33. The summed E-state index contributed by atoms with van der Waals surface area (Å²) >= 11 is 0. The van der Waals surface area contributed by atoms with Gasteiger partial charge in [-0.05, 0) is 19.1 Å². The second-order valence-corrected chi connectivity index (χ2v) is 3.74. The number of ether oxygens (including phenoxy) is 1. The van der Waals surface area contributed by atoms with Gasteiger partial charge in [0.05, 0.1) is 24.9 Å². The van der Waals surface area contributed by atoms with E-state index < -0.39 is 11.5 Å². The SMILES string of the molecule is CCOC(=O)Cc1c(N)nc(-c2ccco2)[nH]c1=O. The number of nitrogens with two attached hydrogens (primary N) is 1. The van der Waals surface area contributed by atoms with E-state index in [9.17, 15) is 9.59 Å². The van der Waals surface area contributed by atoms with Gasteiger partial charge in [-0.2, -0.15) is 0 Å². The van der Waals surface area contributed by atoms with Crippen molar-refractivity contribution in [2.24, 2.45) is 0 Å². The molecule has 2 aromatic heterocycles. The van der Waals surface area contributed by atoms with Gasteiger partial charge in [-0.1, -0.05) is 0 Å². The molecule has 0 saturated carbocycles. The molecule has 0 fully saturated rings. The van der Waals surface area contributed by atoms with Crippen molar-refractivity contribution in [1.29, 1.82) is 0 Å². The molecule has 0 amide bonds. The van der Waals surface area contributed by atoms with Gasteiger partial charge in [0.2, 0.25) is 0 Å². The number of anilines is 1. The number of nitrogens with one attached hydrogen (secondary N) is 1. The van der Waals surface area contributed by atoms with Crippen LogP contribution in [0.5, 0.6) is 0 Å². The minimum absolute atomic E-state index is 0.0109. The third-order valence-corrected chi connectivity index (χ3v) is 2.43. The second-order valence-electron chi connectivity index (χ2n) is 3.74. The molecule has 2 heterocycles. The van der Waals surface area contributed by atoms with Crippen molar-refractivity contribution >= 4 is 11.8 Å². The fraction of sp³-hybridized carbons (Fsp3) is 0.250. The maximum Gasteiger partial charge on any atom is 0.310 e. The van der Waals surface area contributed by atoms with Crippen LogP contribution in [0.1, 0.15) is 12.5 Å². The maximum atomic E-state index is 11.9. The number of carbonyl (C=O) groups is 1. The molecular formula is C12H13N3O4. The van der Waals surface area contributed by atoms with E-state index in [-0.39, 0.29) is 30.2 Å². The molecular weight excluding hydrogens is 250 g/mol. The van der Waals surface area contributed by atoms with E-state index in [1.54, 1.807) is 19.1 Å². The number of rotatable bonds is 4. The third-order valence-electron chi connectivity index (χ3n) is 2.43. The molecule has 0 unspecified atom stereocenters. The van der Waals surface area contributed by atoms with E-state index in [4.69, 9.17) is 14.9 Å². The fourth-order valence-electron chi connectivity index (χ4n) is 1.57. The van der Waals surface area contributed by atoms with E-state index in [0.29, 0.717) is 5.76 Å². The minimum Gasteiger partial charge on any atom is -0.466 e.